The normalized spacial score (nSPS) is 27.1. The molecular weight excluding hydrogens is 254 g/mol. The Morgan fingerprint density at radius 3 is 2.80 bits per heavy atom. The Balaban J connectivity index is 1.81. The molecule has 108 valence electrons. The molecule has 2 aliphatic rings. The lowest BCUT2D eigenvalue weighted by molar-refractivity contribution is -0.122. The number of Topliss-reactive ketones (excluding diaryl/α,β-unsaturated/α-hetero) is 1. The maximum Gasteiger partial charge on any atom is 0.257 e. The predicted octanol–water partition coefficient (Wildman–Crippen LogP) is 1.78. The molecule has 1 amide bonds. The van der Waals surface area contributed by atoms with Crippen molar-refractivity contribution in [2.75, 3.05) is 6.54 Å². The predicted molar refractivity (Wildman–Crippen MR) is 74.2 cm³/mol. The maximum atomic E-state index is 12.6. The fourth-order valence-electron chi connectivity index (χ4n) is 3.57. The van der Waals surface area contributed by atoms with Gasteiger partial charge in [0.25, 0.3) is 5.91 Å². The Kier molecular flexibility index (Phi) is 3.59. The number of amides is 1. The lowest BCUT2D eigenvalue weighted by Crippen LogP contribution is -2.48. The smallest absolute Gasteiger partial charge is 0.257 e. The minimum atomic E-state index is 0.0301. The molecular formula is C15H21N3O2. The molecule has 1 aliphatic carbocycles. The van der Waals surface area contributed by atoms with E-state index in [9.17, 15) is 9.59 Å². The van der Waals surface area contributed by atoms with Gasteiger partial charge in [-0.05, 0) is 32.1 Å². The molecule has 0 spiro atoms. The average molecular weight is 275 g/mol. The van der Waals surface area contributed by atoms with Gasteiger partial charge in [-0.15, -0.1) is 0 Å². The summed E-state index contributed by atoms with van der Waals surface area (Å²) in [5.74, 6) is 0.444. The van der Waals surface area contributed by atoms with E-state index in [1.807, 2.05) is 11.9 Å². The Bertz CT molecular complexity index is 523. The van der Waals surface area contributed by atoms with E-state index in [0.717, 1.165) is 38.6 Å². The summed E-state index contributed by atoms with van der Waals surface area (Å²) in [6.45, 7) is 0.766. The Hall–Kier alpha value is -1.65. The van der Waals surface area contributed by atoms with Crippen molar-refractivity contribution in [3.8, 4) is 0 Å². The molecule has 2 unspecified atom stereocenters. The highest BCUT2D eigenvalue weighted by Gasteiger charge is 2.39. The molecule has 1 aliphatic heterocycles. The van der Waals surface area contributed by atoms with Gasteiger partial charge < -0.3 is 4.90 Å². The number of hydrogen-bond donors (Lipinski definition) is 0. The van der Waals surface area contributed by atoms with Gasteiger partial charge in [0.05, 0.1) is 11.8 Å². The zero-order chi connectivity index (χ0) is 14.1. The highest BCUT2D eigenvalue weighted by molar-refractivity contribution is 5.94. The lowest BCUT2D eigenvalue weighted by Gasteiger charge is -2.38. The molecule has 0 aromatic carbocycles. The first-order valence-corrected chi connectivity index (χ1v) is 7.49. The van der Waals surface area contributed by atoms with Crippen molar-refractivity contribution in [1.29, 1.82) is 0 Å². The Labute approximate surface area is 118 Å². The van der Waals surface area contributed by atoms with Crippen molar-refractivity contribution < 1.29 is 9.59 Å². The molecule has 0 N–H and O–H groups in total. The standard InChI is InChI=1S/C15H21N3O2/c1-17-10-11(9-16-17)15(20)18-8-3-2-6-13(18)12-5-4-7-14(12)19/h9-10,12-13H,2-8H2,1H3. The number of piperidine rings is 1. The molecule has 0 bridgehead atoms. The van der Waals surface area contributed by atoms with E-state index in [4.69, 9.17) is 0 Å². The monoisotopic (exact) mass is 275 g/mol. The van der Waals surface area contributed by atoms with Gasteiger partial charge >= 0.3 is 0 Å². The van der Waals surface area contributed by atoms with Crippen LogP contribution in [-0.2, 0) is 11.8 Å². The number of nitrogens with zero attached hydrogens (tertiary/aromatic N) is 3. The molecule has 2 heterocycles. The quantitative estimate of drug-likeness (QED) is 0.826. The van der Waals surface area contributed by atoms with Crippen LogP contribution >= 0.6 is 0 Å². The fourth-order valence-corrected chi connectivity index (χ4v) is 3.57. The number of carbonyl (C=O) groups is 2. The Morgan fingerprint density at radius 2 is 2.15 bits per heavy atom. The highest BCUT2D eigenvalue weighted by Crippen LogP contribution is 2.33. The second-order valence-corrected chi connectivity index (χ2v) is 5.93. The third kappa shape index (κ3) is 2.37. The average Bonchev–Trinajstić information content (AvgIpc) is 3.07. The third-order valence-corrected chi connectivity index (χ3v) is 4.58. The molecule has 1 saturated carbocycles. The van der Waals surface area contributed by atoms with E-state index in [1.54, 1.807) is 17.1 Å². The van der Waals surface area contributed by atoms with E-state index in [-0.39, 0.29) is 17.9 Å². The van der Waals surface area contributed by atoms with Gasteiger partial charge in [0.15, 0.2) is 0 Å². The van der Waals surface area contributed by atoms with Crippen LogP contribution in [0.4, 0.5) is 0 Å². The van der Waals surface area contributed by atoms with Gasteiger partial charge in [0.1, 0.15) is 5.78 Å². The summed E-state index contributed by atoms with van der Waals surface area (Å²) in [6, 6.07) is 0.103. The van der Waals surface area contributed by atoms with Crippen LogP contribution in [0.15, 0.2) is 12.4 Å². The Morgan fingerprint density at radius 1 is 1.30 bits per heavy atom. The van der Waals surface area contributed by atoms with Gasteiger partial charge in [-0.25, -0.2) is 0 Å². The number of rotatable bonds is 2. The van der Waals surface area contributed by atoms with Crippen LogP contribution < -0.4 is 0 Å². The number of ketones is 1. The third-order valence-electron chi connectivity index (χ3n) is 4.58. The van der Waals surface area contributed by atoms with Crippen LogP contribution in [0.2, 0.25) is 0 Å². The molecule has 5 heteroatoms. The number of carbonyl (C=O) groups excluding carboxylic acids is 2. The van der Waals surface area contributed by atoms with E-state index in [0.29, 0.717) is 17.8 Å². The van der Waals surface area contributed by atoms with Crippen LogP contribution in [0.25, 0.3) is 0 Å². The van der Waals surface area contributed by atoms with Crippen molar-refractivity contribution in [1.82, 2.24) is 14.7 Å². The maximum absolute atomic E-state index is 12.6. The first-order valence-electron chi connectivity index (χ1n) is 7.49. The number of likely N-dealkylation sites (tertiary alicyclic amines) is 1. The van der Waals surface area contributed by atoms with Crippen LogP contribution in [0.1, 0.15) is 48.9 Å². The summed E-state index contributed by atoms with van der Waals surface area (Å²) in [5, 5.41) is 4.07. The van der Waals surface area contributed by atoms with Crippen molar-refractivity contribution in [3.05, 3.63) is 18.0 Å². The molecule has 0 radical (unpaired) electrons. The number of aromatic nitrogens is 2. The summed E-state index contributed by atoms with van der Waals surface area (Å²) >= 11 is 0. The molecule has 1 aromatic heterocycles. The summed E-state index contributed by atoms with van der Waals surface area (Å²) in [7, 11) is 1.81. The summed E-state index contributed by atoms with van der Waals surface area (Å²) in [6.07, 6.45) is 9.09. The zero-order valence-corrected chi connectivity index (χ0v) is 11.9. The summed E-state index contributed by atoms with van der Waals surface area (Å²) in [4.78, 5) is 26.6. The van der Waals surface area contributed by atoms with Gasteiger partial charge in [-0.1, -0.05) is 0 Å². The second kappa shape index (κ2) is 5.38. The SMILES string of the molecule is Cn1cc(C(=O)N2CCCCC2C2CCCC2=O)cn1. The molecule has 1 aromatic rings. The van der Waals surface area contributed by atoms with Gasteiger partial charge in [0.2, 0.25) is 0 Å². The molecule has 2 fully saturated rings. The van der Waals surface area contributed by atoms with Crippen LogP contribution in [-0.4, -0.2) is 39.0 Å². The van der Waals surface area contributed by atoms with Gasteiger partial charge in [0, 0.05) is 38.2 Å². The molecule has 5 nitrogen and oxygen atoms in total. The fraction of sp³-hybridized carbons (Fsp3) is 0.667. The van der Waals surface area contributed by atoms with Crippen molar-refractivity contribution in [3.63, 3.8) is 0 Å². The van der Waals surface area contributed by atoms with Gasteiger partial charge in [-0.3, -0.25) is 14.3 Å². The van der Waals surface area contributed by atoms with Crippen molar-refractivity contribution in [2.24, 2.45) is 13.0 Å². The molecule has 1 saturated heterocycles. The molecule has 3 rings (SSSR count). The first-order chi connectivity index (χ1) is 9.66. The minimum absolute atomic E-state index is 0.0301. The van der Waals surface area contributed by atoms with Crippen molar-refractivity contribution >= 4 is 11.7 Å². The minimum Gasteiger partial charge on any atom is -0.335 e. The van der Waals surface area contributed by atoms with E-state index in [2.05, 4.69) is 5.10 Å². The summed E-state index contributed by atoms with van der Waals surface area (Å²) in [5.41, 5.74) is 0.629. The van der Waals surface area contributed by atoms with E-state index >= 15 is 0 Å². The van der Waals surface area contributed by atoms with Crippen LogP contribution in [0.3, 0.4) is 0 Å². The molecule has 2 atom stereocenters. The van der Waals surface area contributed by atoms with Crippen LogP contribution in [0, 0.1) is 5.92 Å². The number of aryl methyl sites for hydroxylation is 1. The van der Waals surface area contributed by atoms with E-state index in [1.165, 1.54) is 0 Å². The highest BCUT2D eigenvalue weighted by atomic mass is 16.2. The lowest BCUT2D eigenvalue weighted by atomic mass is 9.88. The zero-order valence-electron chi connectivity index (χ0n) is 11.9. The first kappa shape index (κ1) is 13.3. The topological polar surface area (TPSA) is 55.2 Å². The number of hydrogen-bond acceptors (Lipinski definition) is 3. The summed E-state index contributed by atoms with van der Waals surface area (Å²) < 4.78 is 1.65. The second-order valence-electron chi connectivity index (χ2n) is 5.93. The molecule has 20 heavy (non-hydrogen) atoms. The van der Waals surface area contributed by atoms with Crippen LogP contribution in [0.5, 0.6) is 0 Å². The van der Waals surface area contributed by atoms with Crippen molar-refractivity contribution in [2.45, 2.75) is 44.6 Å². The van der Waals surface area contributed by atoms with E-state index < -0.39 is 0 Å². The largest absolute Gasteiger partial charge is 0.335 e. The van der Waals surface area contributed by atoms with Gasteiger partial charge in [-0.2, -0.15) is 5.10 Å².